The summed E-state index contributed by atoms with van der Waals surface area (Å²) < 4.78 is 0. The first kappa shape index (κ1) is 7.60. The van der Waals surface area contributed by atoms with Crippen LogP contribution in [0.4, 0.5) is 5.69 Å². The lowest BCUT2D eigenvalue weighted by atomic mass is 10.4. The van der Waals surface area contributed by atoms with Crippen LogP contribution in [0.2, 0.25) is 10.0 Å². The van der Waals surface area contributed by atoms with Gasteiger partial charge in [0, 0.05) is 12.4 Å². The number of hydrogen-bond donors (Lipinski definition) is 2. The van der Waals surface area contributed by atoms with Gasteiger partial charge in [0.2, 0.25) is 0 Å². The van der Waals surface area contributed by atoms with Gasteiger partial charge in [-0.15, -0.1) is 0 Å². The first-order valence-corrected chi connectivity index (χ1v) is 3.27. The molecule has 0 aliphatic heterocycles. The van der Waals surface area contributed by atoms with Gasteiger partial charge in [-0.2, -0.15) is 0 Å². The average Bonchev–Trinajstić information content (AvgIpc) is 1.88. The number of hydrazine groups is 1. The minimum absolute atomic E-state index is 0.412. The van der Waals surface area contributed by atoms with Crippen LogP contribution in [-0.2, 0) is 0 Å². The van der Waals surface area contributed by atoms with Gasteiger partial charge < -0.3 is 5.43 Å². The number of aromatic nitrogens is 1. The molecular formula is C5H5Cl2N3. The van der Waals surface area contributed by atoms with Gasteiger partial charge in [-0.05, 0) is 0 Å². The Kier molecular flexibility index (Phi) is 2.32. The molecule has 0 atom stereocenters. The molecular weight excluding hydrogens is 173 g/mol. The number of anilines is 1. The number of nitrogens with zero attached hydrogens (tertiary/aromatic N) is 1. The molecule has 1 heterocycles. The number of nitrogens with two attached hydrogens (primary N) is 1. The van der Waals surface area contributed by atoms with Crippen LogP contribution < -0.4 is 11.3 Å². The summed E-state index contributed by atoms with van der Waals surface area (Å²) in [7, 11) is 0. The molecule has 0 saturated carbocycles. The van der Waals surface area contributed by atoms with Gasteiger partial charge in [0.1, 0.15) is 0 Å². The molecule has 1 aromatic heterocycles. The molecule has 0 unspecified atom stereocenters. The van der Waals surface area contributed by atoms with Gasteiger partial charge in [-0.3, -0.25) is 10.8 Å². The van der Waals surface area contributed by atoms with Crippen molar-refractivity contribution in [1.29, 1.82) is 0 Å². The smallest absolute Gasteiger partial charge is 0.0892 e. The van der Waals surface area contributed by atoms with Gasteiger partial charge >= 0.3 is 0 Å². The van der Waals surface area contributed by atoms with Crippen molar-refractivity contribution in [3.63, 3.8) is 0 Å². The zero-order valence-corrected chi connectivity index (χ0v) is 6.45. The zero-order chi connectivity index (χ0) is 7.56. The Bertz CT molecular complexity index is 218. The fourth-order valence-electron chi connectivity index (χ4n) is 0.549. The Morgan fingerprint density at radius 3 is 2.10 bits per heavy atom. The fourth-order valence-corrected chi connectivity index (χ4v) is 1.02. The first-order valence-electron chi connectivity index (χ1n) is 2.51. The minimum Gasteiger partial charge on any atom is -0.321 e. The quantitative estimate of drug-likeness (QED) is 0.508. The molecule has 5 heteroatoms. The van der Waals surface area contributed by atoms with Crippen LogP contribution in [-0.4, -0.2) is 4.98 Å². The lowest BCUT2D eigenvalue weighted by molar-refractivity contribution is 1.28. The molecule has 0 aliphatic carbocycles. The molecule has 0 aliphatic rings. The number of nitrogens with one attached hydrogen (secondary N) is 1. The summed E-state index contributed by atoms with van der Waals surface area (Å²) in [6, 6.07) is 0. The number of pyridine rings is 1. The highest BCUT2D eigenvalue weighted by Gasteiger charge is 2.01. The first-order chi connectivity index (χ1) is 4.75. The number of halogens is 2. The predicted molar refractivity (Wildman–Crippen MR) is 42.1 cm³/mol. The molecule has 0 saturated heterocycles. The summed E-state index contributed by atoms with van der Waals surface area (Å²) >= 11 is 11.3. The molecule has 0 spiro atoms. The van der Waals surface area contributed by atoms with Crippen molar-refractivity contribution in [2.24, 2.45) is 5.84 Å². The molecule has 0 amide bonds. The normalized spacial score (nSPS) is 9.50. The molecule has 3 nitrogen and oxygen atoms in total. The Morgan fingerprint density at radius 2 is 1.80 bits per heavy atom. The van der Waals surface area contributed by atoms with Crippen molar-refractivity contribution >= 4 is 28.9 Å². The molecule has 0 radical (unpaired) electrons. The fraction of sp³-hybridized carbons (Fsp3) is 0. The maximum Gasteiger partial charge on any atom is 0.0892 e. The monoisotopic (exact) mass is 177 g/mol. The van der Waals surface area contributed by atoms with Crippen LogP contribution in [0.25, 0.3) is 0 Å². The van der Waals surface area contributed by atoms with Crippen molar-refractivity contribution in [2.75, 3.05) is 5.43 Å². The van der Waals surface area contributed by atoms with Crippen LogP contribution in [0.15, 0.2) is 12.4 Å². The maximum absolute atomic E-state index is 5.64. The van der Waals surface area contributed by atoms with Crippen LogP contribution in [0.3, 0.4) is 0 Å². The minimum atomic E-state index is 0.412. The topological polar surface area (TPSA) is 50.9 Å². The highest BCUT2D eigenvalue weighted by molar-refractivity contribution is 6.38. The van der Waals surface area contributed by atoms with Crippen molar-refractivity contribution in [1.82, 2.24) is 4.98 Å². The Hall–Kier alpha value is -0.510. The molecule has 0 aromatic carbocycles. The highest BCUT2D eigenvalue weighted by atomic mass is 35.5. The van der Waals surface area contributed by atoms with Gasteiger partial charge in [-0.25, -0.2) is 0 Å². The largest absolute Gasteiger partial charge is 0.321 e. The number of rotatable bonds is 1. The van der Waals surface area contributed by atoms with Gasteiger partial charge in [0.05, 0.1) is 15.7 Å². The van der Waals surface area contributed by atoms with E-state index in [1.165, 1.54) is 12.4 Å². The average molecular weight is 178 g/mol. The van der Waals surface area contributed by atoms with Crippen LogP contribution in [0.1, 0.15) is 0 Å². The van der Waals surface area contributed by atoms with Gasteiger partial charge in [0.25, 0.3) is 0 Å². The Labute approximate surface area is 68.1 Å². The van der Waals surface area contributed by atoms with E-state index in [-0.39, 0.29) is 0 Å². The van der Waals surface area contributed by atoms with Crippen LogP contribution >= 0.6 is 23.2 Å². The molecule has 0 fully saturated rings. The Morgan fingerprint density at radius 1 is 1.30 bits per heavy atom. The van der Waals surface area contributed by atoms with Crippen LogP contribution in [0, 0.1) is 0 Å². The maximum atomic E-state index is 5.64. The van der Waals surface area contributed by atoms with E-state index in [1.54, 1.807) is 0 Å². The third-order valence-electron chi connectivity index (χ3n) is 0.998. The molecule has 3 N–H and O–H groups in total. The van der Waals surface area contributed by atoms with E-state index < -0.39 is 0 Å². The highest BCUT2D eigenvalue weighted by Crippen LogP contribution is 2.26. The van der Waals surface area contributed by atoms with Crippen molar-refractivity contribution < 1.29 is 0 Å². The van der Waals surface area contributed by atoms with Gasteiger partial charge in [-0.1, -0.05) is 23.2 Å². The Balaban J connectivity index is 3.17. The predicted octanol–water partition coefficient (Wildman–Crippen LogP) is 1.67. The van der Waals surface area contributed by atoms with E-state index in [0.29, 0.717) is 15.7 Å². The van der Waals surface area contributed by atoms with E-state index in [4.69, 9.17) is 29.0 Å². The van der Waals surface area contributed by atoms with Crippen LogP contribution in [0.5, 0.6) is 0 Å². The summed E-state index contributed by atoms with van der Waals surface area (Å²) in [6.45, 7) is 0. The van der Waals surface area contributed by atoms with E-state index in [0.717, 1.165) is 0 Å². The van der Waals surface area contributed by atoms with E-state index in [9.17, 15) is 0 Å². The zero-order valence-electron chi connectivity index (χ0n) is 4.94. The summed E-state index contributed by atoms with van der Waals surface area (Å²) in [5.41, 5.74) is 2.86. The third-order valence-corrected chi connectivity index (χ3v) is 1.57. The second-order valence-electron chi connectivity index (χ2n) is 1.62. The number of hydrogen-bond acceptors (Lipinski definition) is 3. The van der Waals surface area contributed by atoms with Crippen molar-refractivity contribution in [2.45, 2.75) is 0 Å². The molecule has 54 valence electrons. The van der Waals surface area contributed by atoms with Gasteiger partial charge in [0.15, 0.2) is 0 Å². The lowest BCUT2D eigenvalue weighted by Crippen LogP contribution is -2.07. The molecule has 10 heavy (non-hydrogen) atoms. The second-order valence-corrected chi connectivity index (χ2v) is 2.44. The molecule has 1 aromatic rings. The van der Waals surface area contributed by atoms with E-state index >= 15 is 0 Å². The van der Waals surface area contributed by atoms with Crippen molar-refractivity contribution in [3.8, 4) is 0 Å². The van der Waals surface area contributed by atoms with E-state index in [2.05, 4.69) is 10.4 Å². The summed E-state index contributed by atoms with van der Waals surface area (Å²) in [5, 5.41) is 0.824. The molecule has 1 rings (SSSR count). The van der Waals surface area contributed by atoms with E-state index in [1.807, 2.05) is 0 Å². The van der Waals surface area contributed by atoms with Crippen molar-refractivity contribution in [3.05, 3.63) is 22.4 Å². The summed E-state index contributed by atoms with van der Waals surface area (Å²) in [5.74, 6) is 5.10. The number of nitrogen functional groups attached to an aromatic ring is 1. The third kappa shape index (κ3) is 1.31. The SMILES string of the molecule is NNc1c(Cl)cncc1Cl. The standard InChI is InChI=1S/C5H5Cl2N3/c6-3-1-9-2-4(7)5(3)10-8/h1-2H,8H2,(H,9,10). The lowest BCUT2D eigenvalue weighted by Gasteiger charge is -2.02. The summed E-state index contributed by atoms with van der Waals surface area (Å²) in [4.78, 5) is 3.73. The second kappa shape index (κ2) is 3.05. The molecule has 0 bridgehead atoms. The summed E-state index contributed by atoms with van der Waals surface area (Å²) in [6.07, 6.45) is 2.92.